The van der Waals surface area contributed by atoms with E-state index in [1.54, 1.807) is 12.1 Å². The van der Waals surface area contributed by atoms with Gasteiger partial charge in [0.1, 0.15) is 11.9 Å². The smallest absolute Gasteiger partial charge is 0.380 e. The molecule has 6 nitrogen and oxygen atoms in total. The lowest BCUT2D eigenvalue weighted by Gasteiger charge is -2.22. The van der Waals surface area contributed by atoms with Gasteiger partial charge >= 0.3 is 5.82 Å². The largest absolute Gasteiger partial charge is 0.386 e. The van der Waals surface area contributed by atoms with Crippen LogP contribution in [0.2, 0.25) is 0 Å². The molecule has 1 aromatic heterocycles. The molecule has 6 heteroatoms. The molecule has 1 atom stereocenters. The zero-order chi connectivity index (χ0) is 13.5. The van der Waals surface area contributed by atoms with Gasteiger partial charge in [-0.15, -0.1) is 0 Å². The van der Waals surface area contributed by atoms with Crippen LogP contribution < -0.4 is 5.32 Å². The molecule has 0 bridgehead atoms. The molecule has 0 fully saturated rings. The summed E-state index contributed by atoms with van der Waals surface area (Å²) in [6.07, 6.45) is 1.41. The quantitative estimate of drug-likeness (QED) is 0.596. The zero-order valence-electron chi connectivity index (χ0n) is 10.9. The number of anilines is 1. The summed E-state index contributed by atoms with van der Waals surface area (Å²) in [6.45, 7) is 7.14. The van der Waals surface area contributed by atoms with Crippen molar-refractivity contribution in [2.24, 2.45) is 5.92 Å². The summed E-state index contributed by atoms with van der Waals surface area (Å²) in [5.41, 5.74) is 0.431. The number of aromatic nitrogens is 1. The third kappa shape index (κ3) is 3.96. The van der Waals surface area contributed by atoms with E-state index >= 15 is 0 Å². The molecule has 1 unspecified atom stereocenters. The molecule has 0 radical (unpaired) electrons. The first-order valence-corrected chi connectivity index (χ1v) is 6.00. The van der Waals surface area contributed by atoms with Crippen molar-refractivity contribution >= 4 is 11.5 Å². The molecular formula is C12H19N3O3. The predicted octanol–water partition coefficient (Wildman–Crippen LogP) is 2.46. The van der Waals surface area contributed by atoms with Crippen molar-refractivity contribution < 1.29 is 9.66 Å². The van der Waals surface area contributed by atoms with Crippen LogP contribution in [0, 0.1) is 16.0 Å². The Morgan fingerprint density at radius 3 is 2.83 bits per heavy atom. The molecule has 0 spiro atoms. The first-order valence-electron chi connectivity index (χ1n) is 6.00. The Kier molecular flexibility index (Phi) is 5.51. The topological polar surface area (TPSA) is 77.3 Å². The van der Waals surface area contributed by atoms with Crippen molar-refractivity contribution in [3.05, 3.63) is 28.4 Å². The molecule has 0 aliphatic heterocycles. The van der Waals surface area contributed by atoms with Gasteiger partial charge in [0.15, 0.2) is 0 Å². The van der Waals surface area contributed by atoms with Gasteiger partial charge < -0.3 is 20.2 Å². The summed E-state index contributed by atoms with van der Waals surface area (Å²) in [7, 11) is 0. The summed E-state index contributed by atoms with van der Waals surface area (Å²) < 4.78 is 5.38. The average molecular weight is 253 g/mol. The van der Waals surface area contributed by atoms with E-state index in [-0.39, 0.29) is 11.9 Å². The maximum absolute atomic E-state index is 10.9. The lowest BCUT2D eigenvalue weighted by Crippen LogP contribution is -2.31. The summed E-state index contributed by atoms with van der Waals surface area (Å²) >= 11 is 0. The highest BCUT2D eigenvalue weighted by molar-refractivity contribution is 5.57. The number of ether oxygens (including phenoxy) is 1. The van der Waals surface area contributed by atoms with E-state index in [9.17, 15) is 10.1 Å². The minimum Gasteiger partial charge on any atom is -0.380 e. The van der Waals surface area contributed by atoms with Crippen molar-refractivity contribution in [3.63, 3.8) is 0 Å². The van der Waals surface area contributed by atoms with Crippen LogP contribution in [0.5, 0.6) is 0 Å². The minimum atomic E-state index is -0.486. The van der Waals surface area contributed by atoms with Crippen molar-refractivity contribution in [1.29, 1.82) is 0 Å². The second kappa shape index (κ2) is 6.90. The lowest BCUT2D eigenvalue weighted by molar-refractivity contribution is -0.388. The van der Waals surface area contributed by atoms with Gasteiger partial charge in [0, 0.05) is 6.61 Å². The van der Waals surface area contributed by atoms with E-state index < -0.39 is 4.92 Å². The van der Waals surface area contributed by atoms with Crippen LogP contribution >= 0.6 is 0 Å². The Morgan fingerprint density at radius 2 is 2.28 bits per heavy atom. The maximum atomic E-state index is 10.9. The molecule has 0 saturated carbocycles. The molecule has 100 valence electrons. The van der Waals surface area contributed by atoms with E-state index in [1.165, 1.54) is 6.20 Å². The van der Waals surface area contributed by atoms with Gasteiger partial charge in [0.25, 0.3) is 0 Å². The van der Waals surface area contributed by atoms with Crippen LogP contribution in [-0.2, 0) is 4.74 Å². The molecule has 0 aliphatic carbocycles. The van der Waals surface area contributed by atoms with Gasteiger partial charge in [-0.3, -0.25) is 0 Å². The van der Waals surface area contributed by atoms with Gasteiger partial charge in [-0.25, -0.2) is 0 Å². The first kappa shape index (κ1) is 14.4. The number of pyridine rings is 1. The van der Waals surface area contributed by atoms with Gasteiger partial charge in [0.2, 0.25) is 0 Å². The number of hydrogen-bond acceptors (Lipinski definition) is 5. The van der Waals surface area contributed by atoms with Crippen molar-refractivity contribution in [3.8, 4) is 0 Å². The van der Waals surface area contributed by atoms with Gasteiger partial charge in [0.05, 0.1) is 12.6 Å². The van der Waals surface area contributed by atoms with Crippen molar-refractivity contribution in [1.82, 2.24) is 4.98 Å². The zero-order valence-corrected chi connectivity index (χ0v) is 10.9. The predicted molar refractivity (Wildman–Crippen MR) is 69.6 cm³/mol. The second-order valence-electron chi connectivity index (χ2n) is 4.29. The summed E-state index contributed by atoms with van der Waals surface area (Å²) in [5, 5.41) is 14.0. The van der Waals surface area contributed by atoms with E-state index in [4.69, 9.17) is 4.74 Å². The normalized spacial score (nSPS) is 12.4. The fraction of sp³-hybridized carbons (Fsp3) is 0.583. The highest BCUT2D eigenvalue weighted by Gasteiger charge is 2.19. The lowest BCUT2D eigenvalue weighted by atomic mass is 10.1. The van der Waals surface area contributed by atoms with Crippen LogP contribution in [-0.4, -0.2) is 29.2 Å². The molecule has 18 heavy (non-hydrogen) atoms. The Hall–Kier alpha value is -1.69. The van der Waals surface area contributed by atoms with Crippen molar-refractivity contribution in [2.45, 2.75) is 26.8 Å². The van der Waals surface area contributed by atoms with Gasteiger partial charge in [-0.1, -0.05) is 13.8 Å². The van der Waals surface area contributed by atoms with E-state index in [2.05, 4.69) is 10.3 Å². The van der Waals surface area contributed by atoms with Gasteiger partial charge in [-0.05, 0) is 34.9 Å². The molecule has 0 saturated heterocycles. The monoisotopic (exact) mass is 253 g/mol. The minimum absolute atomic E-state index is 0.0212. The van der Waals surface area contributed by atoms with E-state index in [0.717, 1.165) is 0 Å². The highest BCUT2D eigenvalue weighted by Crippen LogP contribution is 2.22. The molecule has 1 rings (SSSR count). The SMILES string of the molecule is CCOCC(Nc1cccnc1[N+](=O)[O-])C(C)C. The molecular weight excluding hydrogens is 234 g/mol. The van der Waals surface area contributed by atoms with Crippen LogP contribution in [0.4, 0.5) is 11.5 Å². The Morgan fingerprint density at radius 1 is 1.56 bits per heavy atom. The van der Waals surface area contributed by atoms with Crippen molar-refractivity contribution in [2.75, 3.05) is 18.5 Å². The number of nitro groups is 1. The summed E-state index contributed by atoms with van der Waals surface area (Å²) in [6, 6.07) is 3.35. The molecule has 0 aromatic carbocycles. The standard InChI is InChI=1S/C12H19N3O3/c1-4-18-8-11(9(2)3)14-10-6-5-7-13-12(10)15(16)17/h5-7,9,11,14H,4,8H2,1-3H3. The first-order chi connectivity index (χ1) is 8.56. The number of nitrogens with zero attached hydrogens (tertiary/aromatic N) is 2. The fourth-order valence-electron chi connectivity index (χ4n) is 1.50. The number of nitrogens with one attached hydrogen (secondary N) is 1. The third-order valence-corrected chi connectivity index (χ3v) is 2.61. The number of rotatable bonds is 7. The fourth-order valence-corrected chi connectivity index (χ4v) is 1.50. The van der Waals surface area contributed by atoms with Crippen LogP contribution in [0.25, 0.3) is 0 Å². The highest BCUT2D eigenvalue weighted by atomic mass is 16.6. The second-order valence-corrected chi connectivity index (χ2v) is 4.29. The Bertz CT molecular complexity index is 396. The maximum Gasteiger partial charge on any atom is 0.386 e. The average Bonchev–Trinajstić information content (AvgIpc) is 2.34. The van der Waals surface area contributed by atoms with E-state index in [0.29, 0.717) is 24.8 Å². The van der Waals surface area contributed by atoms with E-state index in [1.807, 2.05) is 20.8 Å². The molecule has 1 N–H and O–H groups in total. The van der Waals surface area contributed by atoms with Gasteiger partial charge in [-0.2, -0.15) is 0 Å². The molecule has 1 heterocycles. The Balaban J connectivity index is 2.83. The number of hydrogen-bond donors (Lipinski definition) is 1. The van der Waals surface area contributed by atoms with Crippen LogP contribution in [0.15, 0.2) is 18.3 Å². The third-order valence-electron chi connectivity index (χ3n) is 2.61. The summed E-state index contributed by atoms with van der Waals surface area (Å²) in [5.74, 6) is 0.149. The molecule has 0 aliphatic rings. The van der Waals surface area contributed by atoms with Crippen LogP contribution in [0.3, 0.4) is 0 Å². The van der Waals surface area contributed by atoms with Crippen LogP contribution in [0.1, 0.15) is 20.8 Å². The molecule has 1 aromatic rings. The summed E-state index contributed by atoms with van der Waals surface area (Å²) in [4.78, 5) is 14.1. The Labute approximate surface area is 107 Å². The molecule has 0 amide bonds.